The first kappa shape index (κ1) is 21.0. The lowest BCUT2D eigenvalue weighted by atomic mass is 10.0. The molecular weight excluding hydrogens is 460 g/mol. The molecule has 0 fully saturated rings. The lowest BCUT2D eigenvalue weighted by Crippen LogP contribution is -2.35. The Bertz CT molecular complexity index is 1100. The molecule has 3 aromatic rings. The van der Waals surface area contributed by atoms with E-state index in [-0.39, 0.29) is 23.0 Å². The molecule has 158 valence electrons. The summed E-state index contributed by atoms with van der Waals surface area (Å²) >= 11 is 13.7. The molecule has 2 aromatic heterocycles. The minimum atomic E-state index is -4.56. The Kier molecular flexibility index (Phi) is 5.46. The number of carbonyl (C=O) groups excluding carboxylic acids is 1. The summed E-state index contributed by atoms with van der Waals surface area (Å²) in [6.45, 7) is 1.71. The molecule has 0 unspecified atom stereocenters. The zero-order chi connectivity index (χ0) is 21.6. The Labute approximate surface area is 183 Å². The van der Waals surface area contributed by atoms with Crippen molar-refractivity contribution in [2.45, 2.75) is 31.6 Å². The van der Waals surface area contributed by atoms with Crippen molar-refractivity contribution in [1.82, 2.24) is 9.78 Å². The number of hydrogen-bond donors (Lipinski definition) is 2. The minimum absolute atomic E-state index is 0.0309. The highest BCUT2D eigenvalue weighted by atomic mass is 35.5. The highest BCUT2D eigenvalue weighted by Gasteiger charge is 2.48. The second-order valence-electron chi connectivity index (χ2n) is 6.83. The van der Waals surface area contributed by atoms with Gasteiger partial charge in [-0.15, -0.1) is 11.3 Å². The number of benzene rings is 1. The molecule has 1 aliphatic rings. The van der Waals surface area contributed by atoms with Crippen molar-refractivity contribution in [2.24, 2.45) is 0 Å². The van der Waals surface area contributed by atoms with Gasteiger partial charge in [-0.2, -0.15) is 18.3 Å². The normalized spacial score (nSPS) is 18.6. The Morgan fingerprint density at radius 2 is 2.07 bits per heavy atom. The van der Waals surface area contributed by atoms with Gasteiger partial charge in [-0.1, -0.05) is 35.3 Å². The van der Waals surface area contributed by atoms with Gasteiger partial charge in [0.15, 0.2) is 11.7 Å². The molecule has 0 radical (unpaired) electrons. The zero-order valence-electron chi connectivity index (χ0n) is 15.4. The van der Waals surface area contributed by atoms with Crippen LogP contribution >= 0.6 is 34.5 Å². The van der Waals surface area contributed by atoms with Crippen molar-refractivity contribution in [2.75, 3.05) is 10.6 Å². The van der Waals surface area contributed by atoms with E-state index in [0.717, 1.165) is 9.56 Å². The van der Waals surface area contributed by atoms with Crippen LogP contribution in [0.3, 0.4) is 0 Å². The van der Waals surface area contributed by atoms with Crippen LogP contribution in [0.4, 0.5) is 24.7 Å². The van der Waals surface area contributed by atoms with Crippen LogP contribution in [0.5, 0.6) is 0 Å². The van der Waals surface area contributed by atoms with Gasteiger partial charge in [-0.05, 0) is 36.1 Å². The predicted molar refractivity (Wildman–Crippen MR) is 112 cm³/mol. The van der Waals surface area contributed by atoms with Crippen LogP contribution < -0.4 is 10.6 Å². The molecule has 0 spiro atoms. The molecule has 11 heteroatoms. The maximum Gasteiger partial charge on any atom is 0.410 e. The second kappa shape index (κ2) is 7.79. The number of anilines is 2. The number of carbonyl (C=O) groups is 1. The third-order valence-electron chi connectivity index (χ3n) is 4.91. The van der Waals surface area contributed by atoms with Gasteiger partial charge in [-0.25, -0.2) is 4.68 Å². The molecule has 5 nitrogen and oxygen atoms in total. The van der Waals surface area contributed by atoms with Crippen molar-refractivity contribution < 1.29 is 18.0 Å². The van der Waals surface area contributed by atoms with Crippen LogP contribution in [0.25, 0.3) is 0 Å². The molecule has 0 saturated carbocycles. The zero-order valence-corrected chi connectivity index (χ0v) is 17.8. The highest BCUT2D eigenvalue weighted by Crippen LogP contribution is 2.46. The molecule has 0 bridgehead atoms. The lowest BCUT2D eigenvalue weighted by Gasteiger charge is -2.32. The molecule has 3 heterocycles. The van der Waals surface area contributed by atoms with Gasteiger partial charge in [0.2, 0.25) is 0 Å². The molecule has 4 rings (SSSR count). The number of amides is 1. The molecule has 2 atom stereocenters. The van der Waals surface area contributed by atoms with Crippen molar-refractivity contribution in [1.29, 1.82) is 0 Å². The largest absolute Gasteiger partial charge is 0.410 e. The topological polar surface area (TPSA) is 59.0 Å². The third-order valence-corrected chi connectivity index (χ3v) is 6.67. The second-order valence-corrected chi connectivity index (χ2v) is 8.59. The van der Waals surface area contributed by atoms with Crippen LogP contribution in [-0.4, -0.2) is 21.9 Å². The third kappa shape index (κ3) is 3.77. The lowest BCUT2D eigenvalue weighted by molar-refractivity contribution is -0.173. The van der Waals surface area contributed by atoms with E-state index in [4.69, 9.17) is 23.2 Å². The fourth-order valence-corrected chi connectivity index (χ4v) is 4.57. The van der Waals surface area contributed by atoms with E-state index in [1.807, 2.05) is 0 Å². The van der Waals surface area contributed by atoms with E-state index >= 15 is 0 Å². The molecule has 1 aliphatic heterocycles. The van der Waals surface area contributed by atoms with Crippen LogP contribution in [0.1, 0.15) is 39.4 Å². The van der Waals surface area contributed by atoms with Crippen LogP contribution in [-0.2, 0) is 0 Å². The first-order valence-corrected chi connectivity index (χ1v) is 10.5. The predicted octanol–water partition coefficient (Wildman–Crippen LogP) is 6.47. The van der Waals surface area contributed by atoms with Crippen molar-refractivity contribution in [3.05, 3.63) is 61.9 Å². The van der Waals surface area contributed by atoms with Gasteiger partial charge in [0.05, 0.1) is 6.04 Å². The average molecular weight is 475 g/mol. The number of fused-ring (bicyclic) bond motifs is 1. The van der Waals surface area contributed by atoms with Crippen molar-refractivity contribution in [3.8, 4) is 0 Å². The Balaban J connectivity index is 1.71. The van der Waals surface area contributed by atoms with Gasteiger partial charge < -0.3 is 10.6 Å². The Morgan fingerprint density at radius 1 is 1.30 bits per heavy atom. The summed E-state index contributed by atoms with van der Waals surface area (Å²) in [6.07, 6.45) is -4.82. The minimum Gasteiger partial charge on any atom is -0.361 e. The SMILES string of the molecule is Cc1c(Cl)cccc1NC(=O)c1nn2c(c1Cl)N[C@H](c1cccs1)C[C@@H]2C(F)(F)F. The first-order chi connectivity index (χ1) is 14.2. The smallest absolute Gasteiger partial charge is 0.361 e. The number of hydrogen-bond acceptors (Lipinski definition) is 4. The summed E-state index contributed by atoms with van der Waals surface area (Å²) in [5.41, 5.74) is 0.752. The summed E-state index contributed by atoms with van der Waals surface area (Å²) in [7, 11) is 0. The first-order valence-electron chi connectivity index (χ1n) is 8.88. The summed E-state index contributed by atoms with van der Waals surface area (Å²) in [4.78, 5) is 13.5. The number of aromatic nitrogens is 2. The number of nitrogens with one attached hydrogen (secondary N) is 2. The summed E-state index contributed by atoms with van der Waals surface area (Å²) in [5, 5.41) is 11.6. The molecule has 1 aromatic carbocycles. The van der Waals surface area contributed by atoms with Gasteiger partial charge >= 0.3 is 6.18 Å². The number of thiophene rings is 1. The van der Waals surface area contributed by atoms with E-state index in [0.29, 0.717) is 16.3 Å². The molecule has 0 saturated heterocycles. The average Bonchev–Trinajstić information content (AvgIpc) is 3.32. The maximum absolute atomic E-state index is 13.8. The number of nitrogens with zero attached hydrogens (tertiary/aromatic N) is 2. The number of halogens is 5. The highest BCUT2D eigenvalue weighted by molar-refractivity contribution is 7.10. The van der Waals surface area contributed by atoms with Crippen LogP contribution in [0.2, 0.25) is 10.0 Å². The fourth-order valence-electron chi connectivity index (χ4n) is 3.34. The van der Waals surface area contributed by atoms with E-state index in [9.17, 15) is 18.0 Å². The molecular formula is C19H15Cl2F3N4OS. The number of rotatable bonds is 3. The standard InChI is InChI=1S/C19H15Cl2F3N4OS/c1-9-10(20)4-2-5-11(9)26-18(29)16-15(21)17-25-12(13-6-3-7-30-13)8-14(19(22,23)24)28(17)27-16/h2-7,12,14,25H,8H2,1H3,(H,26,29)/t12-,14+/m0/s1. The van der Waals surface area contributed by atoms with E-state index in [1.165, 1.54) is 11.3 Å². The summed E-state index contributed by atoms with van der Waals surface area (Å²) in [6, 6.07) is 5.97. The molecule has 0 aliphatic carbocycles. The monoisotopic (exact) mass is 474 g/mol. The van der Waals surface area contributed by atoms with Gasteiger partial charge in [0.1, 0.15) is 10.8 Å². The molecule has 1 amide bonds. The van der Waals surface area contributed by atoms with E-state index in [1.54, 1.807) is 42.6 Å². The Hall–Kier alpha value is -2.23. The maximum atomic E-state index is 13.8. The van der Waals surface area contributed by atoms with Gasteiger partial charge in [-0.3, -0.25) is 4.79 Å². The van der Waals surface area contributed by atoms with E-state index in [2.05, 4.69) is 15.7 Å². The summed E-state index contributed by atoms with van der Waals surface area (Å²) < 4.78 is 42.1. The van der Waals surface area contributed by atoms with Crippen molar-refractivity contribution in [3.63, 3.8) is 0 Å². The van der Waals surface area contributed by atoms with Crippen LogP contribution in [0, 0.1) is 6.92 Å². The quantitative estimate of drug-likeness (QED) is 0.457. The number of alkyl halides is 3. The molecule has 2 N–H and O–H groups in total. The van der Waals surface area contributed by atoms with Crippen LogP contribution in [0.15, 0.2) is 35.7 Å². The molecule has 30 heavy (non-hydrogen) atoms. The Morgan fingerprint density at radius 3 is 2.73 bits per heavy atom. The summed E-state index contributed by atoms with van der Waals surface area (Å²) in [5.74, 6) is -0.751. The fraction of sp³-hybridized carbons (Fsp3) is 0.263. The van der Waals surface area contributed by atoms with E-state index < -0.39 is 24.2 Å². The van der Waals surface area contributed by atoms with Gasteiger partial charge in [0.25, 0.3) is 5.91 Å². The van der Waals surface area contributed by atoms with Crippen molar-refractivity contribution >= 4 is 52.0 Å². The van der Waals surface area contributed by atoms with Gasteiger partial charge in [0, 0.05) is 22.0 Å².